The molecule has 2 aromatic rings. The minimum Gasteiger partial charge on any atom is -0.495 e. The van der Waals surface area contributed by atoms with E-state index in [1.54, 1.807) is 19.1 Å². The van der Waals surface area contributed by atoms with Gasteiger partial charge in [-0.15, -0.1) is 0 Å². The second kappa shape index (κ2) is 7.51. The molecule has 0 radical (unpaired) electrons. The minimum atomic E-state index is -3.60. The average Bonchev–Trinajstić information content (AvgIpc) is 3.08. The zero-order chi connectivity index (χ0) is 18.7. The quantitative estimate of drug-likeness (QED) is 0.864. The Kier molecular flexibility index (Phi) is 5.33. The SMILES string of the molecule is COc1ccc(S(=O)(=O)N2CCCCC2)cc1NC(=O)c1occc1C. The van der Waals surface area contributed by atoms with Crippen LogP contribution in [0.15, 0.2) is 39.8 Å². The van der Waals surface area contributed by atoms with Gasteiger partial charge < -0.3 is 14.5 Å². The molecule has 1 aromatic heterocycles. The fraction of sp³-hybridized carbons (Fsp3) is 0.389. The highest BCUT2D eigenvalue weighted by molar-refractivity contribution is 7.89. The predicted octanol–water partition coefficient (Wildman–Crippen LogP) is 3.02. The van der Waals surface area contributed by atoms with Gasteiger partial charge in [-0.3, -0.25) is 4.79 Å². The molecule has 7 nitrogen and oxygen atoms in total. The van der Waals surface area contributed by atoms with Crippen molar-refractivity contribution in [2.24, 2.45) is 0 Å². The molecule has 1 amide bonds. The highest BCUT2D eigenvalue weighted by Gasteiger charge is 2.27. The van der Waals surface area contributed by atoms with Crippen LogP contribution in [0.25, 0.3) is 0 Å². The van der Waals surface area contributed by atoms with Gasteiger partial charge in [-0.1, -0.05) is 6.42 Å². The number of hydrogen-bond donors (Lipinski definition) is 1. The summed E-state index contributed by atoms with van der Waals surface area (Å²) in [6.45, 7) is 2.79. The maximum Gasteiger partial charge on any atom is 0.291 e. The second-order valence-corrected chi connectivity index (χ2v) is 8.15. The fourth-order valence-corrected chi connectivity index (χ4v) is 4.53. The van der Waals surface area contributed by atoms with Crippen molar-refractivity contribution in [2.45, 2.75) is 31.1 Å². The van der Waals surface area contributed by atoms with Crippen molar-refractivity contribution in [1.82, 2.24) is 4.31 Å². The zero-order valence-corrected chi connectivity index (χ0v) is 15.6. The molecule has 0 spiro atoms. The number of amides is 1. The van der Waals surface area contributed by atoms with Gasteiger partial charge in [0, 0.05) is 18.7 Å². The Morgan fingerprint density at radius 1 is 1.19 bits per heavy atom. The van der Waals surface area contributed by atoms with Gasteiger partial charge in [0.05, 0.1) is 24.0 Å². The number of furan rings is 1. The smallest absolute Gasteiger partial charge is 0.291 e. The molecule has 1 aliphatic heterocycles. The molecule has 0 unspecified atom stereocenters. The molecule has 1 aliphatic rings. The average molecular weight is 378 g/mol. The van der Waals surface area contributed by atoms with Crippen LogP contribution in [0.5, 0.6) is 5.75 Å². The molecule has 26 heavy (non-hydrogen) atoms. The van der Waals surface area contributed by atoms with E-state index in [1.807, 2.05) is 0 Å². The zero-order valence-electron chi connectivity index (χ0n) is 14.8. The van der Waals surface area contributed by atoms with Crippen molar-refractivity contribution in [3.05, 3.63) is 41.9 Å². The van der Waals surface area contributed by atoms with Crippen LogP contribution in [0, 0.1) is 6.92 Å². The van der Waals surface area contributed by atoms with Crippen LogP contribution in [0.2, 0.25) is 0 Å². The molecule has 0 aliphatic carbocycles. The van der Waals surface area contributed by atoms with E-state index in [2.05, 4.69) is 5.32 Å². The Morgan fingerprint density at radius 2 is 1.92 bits per heavy atom. The first-order valence-electron chi connectivity index (χ1n) is 8.47. The van der Waals surface area contributed by atoms with Crippen LogP contribution in [-0.2, 0) is 10.0 Å². The topological polar surface area (TPSA) is 88.9 Å². The van der Waals surface area contributed by atoms with Crippen molar-refractivity contribution in [3.8, 4) is 5.75 Å². The Bertz CT molecular complexity index is 898. The number of ether oxygens (including phenoxy) is 1. The molecule has 1 fully saturated rings. The minimum absolute atomic E-state index is 0.131. The van der Waals surface area contributed by atoms with Crippen molar-refractivity contribution >= 4 is 21.6 Å². The molecule has 0 saturated carbocycles. The third-order valence-corrected chi connectivity index (χ3v) is 6.33. The van der Waals surface area contributed by atoms with Gasteiger partial charge in [-0.25, -0.2) is 8.42 Å². The highest BCUT2D eigenvalue weighted by atomic mass is 32.2. The Balaban J connectivity index is 1.91. The van der Waals surface area contributed by atoms with Crippen LogP contribution in [-0.4, -0.2) is 38.8 Å². The van der Waals surface area contributed by atoms with E-state index in [4.69, 9.17) is 9.15 Å². The Labute approximate surface area is 153 Å². The summed E-state index contributed by atoms with van der Waals surface area (Å²) >= 11 is 0. The van der Waals surface area contributed by atoms with Crippen LogP contribution < -0.4 is 10.1 Å². The summed E-state index contributed by atoms with van der Waals surface area (Å²) in [6.07, 6.45) is 4.19. The van der Waals surface area contributed by atoms with Gasteiger partial charge in [0.2, 0.25) is 10.0 Å². The van der Waals surface area contributed by atoms with E-state index >= 15 is 0 Å². The molecule has 2 heterocycles. The molecular weight excluding hydrogens is 356 g/mol. The molecular formula is C18H22N2O5S. The maximum absolute atomic E-state index is 12.9. The third-order valence-electron chi connectivity index (χ3n) is 4.44. The number of sulfonamides is 1. The largest absolute Gasteiger partial charge is 0.495 e. The monoisotopic (exact) mass is 378 g/mol. The maximum atomic E-state index is 12.9. The van der Waals surface area contributed by atoms with E-state index < -0.39 is 15.9 Å². The van der Waals surface area contributed by atoms with Crippen LogP contribution >= 0.6 is 0 Å². The van der Waals surface area contributed by atoms with Gasteiger partial charge in [-0.05, 0) is 44.0 Å². The van der Waals surface area contributed by atoms with Gasteiger partial charge in [0.1, 0.15) is 5.75 Å². The molecule has 1 N–H and O–H groups in total. The second-order valence-electron chi connectivity index (χ2n) is 6.21. The molecule has 3 rings (SSSR count). The van der Waals surface area contributed by atoms with E-state index in [0.717, 1.165) is 19.3 Å². The molecule has 0 bridgehead atoms. The third kappa shape index (κ3) is 3.61. The van der Waals surface area contributed by atoms with Crippen LogP contribution in [0.3, 0.4) is 0 Å². The Hall–Kier alpha value is -2.32. The summed E-state index contributed by atoms with van der Waals surface area (Å²) in [6, 6.07) is 6.15. The number of methoxy groups -OCH3 is 1. The fourth-order valence-electron chi connectivity index (χ4n) is 2.98. The number of nitrogens with zero attached hydrogens (tertiary/aromatic N) is 1. The molecule has 1 saturated heterocycles. The van der Waals surface area contributed by atoms with E-state index in [9.17, 15) is 13.2 Å². The molecule has 8 heteroatoms. The predicted molar refractivity (Wildman–Crippen MR) is 97.0 cm³/mol. The first-order valence-corrected chi connectivity index (χ1v) is 9.91. The van der Waals surface area contributed by atoms with E-state index in [0.29, 0.717) is 24.4 Å². The first-order chi connectivity index (χ1) is 12.4. The summed E-state index contributed by atoms with van der Waals surface area (Å²) in [5.74, 6) is 0.0924. The van der Waals surface area contributed by atoms with Crippen molar-refractivity contribution in [1.29, 1.82) is 0 Å². The molecule has 0 atom stereocenters. The van der Waals surface area contributed by atoms with Gasteiger partial charge in [0.25, 0.3) is 5.91 Å². The lowest BCUT2D eigenvalue weighted by molar-refractivity contribution is 0.0995. The lowest BCUT2D eigenvalue weighted by Gasteiger charge is -2.26. The van der Waals surface area contributed by atoms with E-state index in [1.165, 1.54) is 29.8 Å². The number of carbonyl (C=O) groups is 1. The number of nitrogens with one attached hydrogen (secondary N) is 1. The summed E-state index contributed by atoms with van der Waals surface area (Å²) < 4.78 is 37.6. The normalized spacial score (nSPS) is 15.6. The number of rotatable bonds is 5. The van der Waals surface area contributed by atoms with Gasteiger partial charge >= 0.3 is 0 Å². The summed E-state index contributed by atoms with van der Waals surface area (Å²) in [4.78, 5) is 12.5. The lowest BCUT2D eigenvalue weighted by Crippen LogP contribution is -2.35. The number of hydrogen-bond acceptors (Lipinski definition) is 5. The lowest BCUT2D eigenvalue weighted by atomic mass is 10.2. The standard InChI is InChI=1S/C18H22N2O5S/c1-13-8-11-25-17(13)18(21)19-15-12-14(6-7-16(15)24-2)26(22,23)20-9-4-3-5-10-20/h6-8,11-12H,3-5,9-10H2,1-2H3,(H,19,21). The van der Waals surface area contributed by atoms with Crippen LogP contribution in [0.4, 0.5) is 5.69 Å². The summed E-state index contributed by atoms with van der Waals surface area (Å²) in [5.41, 5.74) is 0.977. The van der Waals surface area contributed by atoms with Crippen molar-refractivity contribution < 1.29 is 22.4 Å². The Morgan fingerprint density at radius 3 is 2.54 bits per heavy atom. The van der Waals surface area contributed by atoms with Gasteiger partial charge in [-0.2, -0.15) is 4.31 Å². The first kappa shape index (κ1) is 18.5. The number of piperidine rings is 1. The van der Waals surface area contributed by atoms with Crippen molar-refractivity contribution in [2.75, 3.05) is 25.5 Å². The van der Waals surface area contributed by atoms with E-state index in [-0.39, 0.29) is 16.3 Å². The number of aryl methyl sites for hydroxylation is 1. The van der Waals surface area contributed by atoms with Crippen molar-refractivity contribution in [3.63, 3.8) is 0 Å². The van der Waals surface area contributed by atoms with Gasteiger partial charge in [0.15, 0.2) is 5.76 Å². The number of anilines is 1. The summed E-state index contributed by atoms with van der Waals surface area (Å²) in [5, 5.41) is 2.68. The molecule has 1 aromatic carbocycles. The summed E-state index contributed by atoms with van der Waals surface area (Å²) in [7, 11) is -2.14. The number of carbonyl (C=O) groups excluding carboxylic acids is 1. The number of benzene rings is 1. The molecule has 140 valence electrons. The van der Waals surface area contributed by atoms with Crippen LogP contribution in [0.1, 0.15) is 35.4 Å². The highest BCUT2D eigenvalue weighted by Crippen LogP contribution is 2.30.